The van der Waals surface area contributed by atoms with Crippen molar-refractivity contribution in [3.63, 3.8) is 0 Å². The molecule has 0 fully saturated rings. The fourth-order valence-electron chi connectivity index (χ4n) is 2.84. The molecule has 0 radical (unpaired) electrons. The summed E-state index contributed by atoms with van der Waals surface area (Å²) < 4.78 is 19.3. The Labute approximate surface area is 160 Å². The van der Waals surface area contributed by atoms with Crippen molar-refractivity contribution in [2.45, 2.75) is 38.2 Å². The topological polar surface area (TPSA) is 46.5 Å². The van der Waals surface area contributed by atoms with Crippen molar-refractivity contribution in [1.29, 1.82) is 0 Å². The summed E-state index contributed by atoms with van der Waals surface area (Å²) in [6, 6.07) is 15.5. The van der Waals surface area contributed by atoms with Gasteiger partial charge in [-0.25, -0.2) is 0 Å². The average molecular weight is 476 g/mol. The summed E-state index contributed by atoms with van der Waals surface area (Å²) in [7, 11) is -3.11. The Morgan fingerprint density at radius 1 is 0.958 bits per heavy atom. The Balaban J connectivity index is 2.55. The molecule has 0 saturated carbocycles. The SMILES string of the molecule is CCCCCC(O[PH](=O)O)(c1ccc(Br)cc1)c1ccc(Br)cc1. The van der Waals surface area contributed by atoms with Crippen LogP contribution in [0.25, 0.3) is 0 Å². The van der Waals surface area contributed by atoms with Gasteiger partial charge in [-0.15, -0.1) is 0 Å². The molecule has 3 nitrogen and oxygen atoms in total. The van der Waals surface area contributed by atoms with Gasteiger partial charge in [0.05, 0.1) is 0 Å². The van der Waals surface area contributed by atoms with Crippen LogP contribution in [0.1, 0.15) is 43.7 Å². The third kappa shape index (κ3) is 5.03. The first-order chi connectivity index (χ1) is 11.5. The molecule has 6 heteroatoms. The monoisotopic (exact) mass is 474 g/mol. The van der Waals surface area contributed by atoms with Crippen LogP contribution in [0.15, 0.2) is 57.5 Å². The zero-order chi connectivity index (χ0) is 17.6. The van der Waals surface area contributed by atoms with Crippen LogP contribution in [-0.2, 0) is 14.7 Å². The molecular formula is C18H21Br2O3P. The smallest absolute Gasteiger partial charge is 0.317 e. The van der Waals surface area contributed by atoms with Crippen molar-refractivity contribution in [3.05, 3.63) is 68.6 Å². The number of rotatable bonds is 8. The summed E-state index contributed by atoms with van der Waals surface area (Å²) in [6.45, 7) is 2.14. The largest absolute Gasteiger partial charge is 0.326 e. The quantitative estimate of drug-likeness (QED) is 0.353. The number of halogens is 2. The maximum absolute atomic E-state index is 11.7. The van der Waals surface area contributed by atoms with Gasteiger partial charge in [0.2, 0.25) is 0 Å². The van der Waals surface area contributed by atoms with E-state index in [0.29, 0.717) is 6.42 Å². The van der Waals surface area contributed by atoms with Gasteiger partial charge < -0.3 is 4.89 Å². The van der Waals surface area contributed by atoms with E-state index in [4.69, 9.17) is 4.52 Å². The Kier molecular flexibility index (Phi) is 7.70. The molecule has 0 aliphatic carbocycles. The summed E-state index contributed by atoms with van der Waals surface area (Å²) in [6.07, 6.45) is 3.69. The number of unbranched alkanes of at least 4 members (excludes halogenated alkanes) is 2. The highest BCUT2D eigenvalue weighted by molar-refractivity contribution is 9.10. The maximum atomic E-state index is 11.7. The molecule has 1 unspecified atom stereocenters. The molecule has 2 rings (SSSR count). The van der Waals surface area contributed by atoms with Crippen LogP contribution in [0.4, 0.5) is 0 Å². The van der Waals surface area contributed by atoms with Gasteiger partial charge in [-0.1, -0.05) is 75.9 Å². The minimum absolute atomic E-state index is 0.654. The van der Waals surface area contributed by atoms with Gasteiger partial charge >= 0.3 is 8.25 Å². The third-order valence-electron chi connectivity index (χ3n) is 4.02. The second-order valence-corrected chi connectivity index (χ2v) is 8.23. The minimum Gasteiger partial charge on any atom is -0.326 e. The molecule has 1 atom stereocenters. The van der Waals surface area contributed by atoms with E-state index in [1.807, 2.05) is 48.5 Å². The van der Waals surface area contributed by atoms with E-state index in [1.165, 1.54) is 0 Å². The molecular weight excluding hydrogens is 455 g/mol. The van der Waals surface area contributed by atoms with Gasteiger partial charge in [0.15, 0.2) is 0 Å². The van der Waals surface area contributed by atoms with Gasteiger partial charge in [0.1, 0.15) is 5.60 Å². The van der Waals surface area contributed by atoms with Crippen molar-refractivity contribution >= 4 is 40.1 Å². The van der Waals surface area contributed by atoms with Crippen LogP contribution in [0.2, 0.25) is 0 Å². The second kappa shape index (κ2) is 9.30. The fraction of sp³-hybridized carbons (Fsp3) is 0.333. The third-order valence-corrected chi connectivity index (χ3v) is 5.60. The van der Waals surface area contributed by atoms with E-state index in [9.17, 15) is 9.46 Å². The lowest BCUT2D eigenvalue weighted by atomic mass is 9.82. The van der Waals surface area contributed by atoms with Crippen molar-refractivity contribution in [3.8, 4) is 0 Å². The van der Waals surface area contributed by atoms with Crippen LogP contribution in [0.3, 0.4) is 0 Å². The van der Waals surface area contributed by atoms with Gasteiger partial charge in [-0.2, -0.15) is 0 Å². The molecule has 0 bridgehead atoms. The van der Waals surface area contributed by atoms with Crippen LogP contribution in [0, 0.1) is 0 Å². The van der Waals surface area contributed by atoms with E-state index in [1.54, 1.807) is 0 Å². The summed E-state index contributed by atoms with van der Waals surface area (Å²) in [5, 5.41) is 0. The van der Waals surface area contributed by atoms with Crippen LogP contribution in [-0.4, -0.2) is 4.89 Å². The summed E-state index contributed by atoms with van der Waals surface area (Å²) in [5.74, 6) is 0. The first-order valence-electron chi connectivity index (χ1n) is 7.92. The molecule has 0 aromatic heterocycles. The van der Waals surface area contributed by atoms with Crippen molar-refractivity contribution < 1.29 is 14.0 Å². The zero-order valence-corrected chi connectivity index (χ0v) is 17.6. The molecule has 130 valence electrons. The standard InChI is InChI=1S/C18H21Br2O3P/c1-2-3-4-13-18(23-24(21)22,14-5-9-16(19)10-6-14)15-7-11-17(20)12-8-15/h5-12,24H,2-4,13H2,1H3,(H,21,22). The summed E-state index contributed by atoms with van der Waals surface area (Å²) in [4.78, 5) is 9.58. The Morgan fingerprint density at radius 3 is 1.79 bits per heavy atom. The number of benzene rings is 2. The Bertz CT molecular complexity index is 626. The van der Waals surface area contributed by atoms with E-state index >= 15 is 0 Å². The second-order valence-electron chi connectivity index (χ2n) is 5.67. The molecule has 0 spiro atoms. The molecule has 0 aliphatic heterocycles. The van der Waals surface area contributed by atoms with E-state index in [0.717, 1.165) is 39.3 Å². The van der Waals surface area contributed by atoms with Crippen LogP contribution < -0.4 is 0 Å². The molecule has 2 aromatic rings. The van der Waals surface area contributed by atoms with Gasteiger partial charge in [-0.3, -0.25) is 9.09 Å². The van der Waals surface area contributed by atoms with E-state index in [-0.39, 0.29) is 0 Å². The highest BCUT2D eigenvalue weighted by Crippen LogP contribution is 2.44. The normalized spacial score (nSPS) is 13.0. The summed E-state index contributed by atoms with van der Waals surface area (Å²) in [5.41, 5.74) is 0.856. The molecule has 0 aliphatic rings. The van der Waals surface area contributed by atoms with Crippen molar-refractivity contribution in [2.75, 3.05) is 0 Å². The molecule has 0 amide bonds. The minimum atomic E-state index is -3.11. The lowest BCUT2D eigenvalue weighted by Crippen LogP contribution is -2.29. The number of hydrogen-bond donors (Lipinski definition) is 1. The highest BCUT2D eigenvalue weighted by atomic mass is 79.9. The Hall–Kier alpha value is -0.450. The van der Waals surface area contributed by atoms with Crippen molar-refractivity contribution in [1.82, 2.24) is 0 Å². The van der Waals surface area contributed by atoms with Gasteiger partial charge in [0.25, 0.3) is 0 Å². The lowest BCUT2D eigenvalue weighted by molar-refractivity contribution is 0.0914. The molecule has 0 heterocycles. The predicted octanol–water partition coefficient (Wildman–Crippen LogP) is 6.43. The molecule has 0 saturated heterocycles. The van der Waals surface area contributed by atoms with Crippen LogP contribution in [0.5, 0.6) is 0 Å². The Morgan fingerprint density at radius 2 is 1.42 bits per heavy atom. The fourth-order valence-corrected chi connectivity index (χ4v) is 4.00. The molecule has 1 N–H and O–H groups in total. The highest BCUT2D eigenvalue weighted by Gasteiger charge is 2.36. The van der Waals surface area contributed by atoms with E-state index in [2.05, 4.69) is 38.8 Å². The van der Waals surface area contributed by atoms with Crippen LogP contribution >= 0.6 is 40.1 Å². The van der Waals surface area contributed by atoms with Crippen molar-refractivity contribution in [2.24, 2.45) is 0 Å². The van der Waals surface area contributed by atoms with E-state index < -0.39 is 13.9 Å². The van der Waals surface area contributed by atoms with Gasteiger partial charge in [0, 0.05) is 8.95 Å². The predicted molar refractivity (Wildman–Crippen MR) is 106 cm³/mol. The summed E-state index contributed by atoms with van der Waals surface area (Å²) >= 11 is 6.88. The maximum Gasteiger partial charge on any atom is 0.317 e. The zero-order valence-electron chi connectivity index (χ0n) is 13.5. The first kappa shape index (κ1) is 19.9. The lowest BCUT2D eigenvalue weighted by Gasteiger charge is -2.34. The first-order valence-corrected chi connectivity index (χ1v) is 10.8. The van der Waals surface area contributed by atoms with Gasteiger partial charge in [-0.05, 0) is 48.2 Å². The average Bonchev–Trinajstić information content (AvgIpc) is 2.55. The molecule has 24 heavy (non-hydrogen) atoms. The molecule has 2 aromatic carbocycles. The number of hydrogen-bond acceptors (Lipinski definition) is 2.